The molecule has 1 rings (SSSR count). The average Bonchev–Trinajstić information content (AvgIpc) is 2.68. The number of nitrogens with zero attached hydrogens (tertiary/aromatic N) is 4. The molecule has 1 saturated heterocycles. The van der Waals surface area contributed by atoms with Gasteiger partial charge in [0.2, 0.25) is 0 Å². The van der Waals surface area contributed by atoms with Crippen LogP contribution in [0.5, 0.6) is 0 Å². The zero-order valence-electron chi connectivity index (χ0n) is 17.6. The van der Waals surface area contributed by atoms with Gasteiger partial charge in [-0.2, -0.15) is 0 Å². The summed E-state index contributed by atoms with van der Waals surface area (Å²) >= 11 is 0. The molecule has 30 heavy (non-hydrogen) atoms. The predicted molar refractivity (Wildman–Crippen MR) is 105 cm³/mol. The number of methoxy groups -OCH3 is 2. The van der Waals surface area contributed by atoms with Crippen LogP contribution in [0.25, 0.3) is 0 Å². The van der Waals surface area contributed by atoms with E-state index in [1.807, 2.05) is 9.80 Å². The van der Waals surface area contributed by atoms with Crippen molar-refractivity contribution in [3.8, 4) is 0 Å². The molecule has 1 heterocycles. The molecule has 172 valence electrons. The van der Waals surface area contributed by atoms with Crippen molar-refractivity contribution in [3.63, 3.8) is 0 Å². The Morgan fingerprint density at radius 3 is 1.00 bits per heavy atom. The molecule has 0 atom stereocenters. The number of hydrogen-bond donors (Lipinski definition) is 2. The first-order valence-electron chi connectivity index (χ1n) is 9.70. The molecule has 2 N–H and O–H groups in total. The molecule has 0 saturated carbocycles. The van der Waals surface area contributed by atoms with E-state index in [1.54, 1.807) is 9.80 Å². The van der Waals surface area contributed by atoms with E-state index in [4.69, 9.17) is 19.7 Å². The molecule has 0 aromatic heterocycles. The van der Waals surface area contributed by atoms with Gasteiger partial charge < -0.3 is 19.7 Å². The van der Waals surface area contributed by atoms with Gasteiger partial charge in [-0.3, -0.25) is 38.8 Å². The van der Waals surface area contributed by atoms with Gasteiger partial charge >= 0.3 is 23.9 Å². The molecule has 0 aromatic carbocycles. The molecule has 0 aromatic rings. The van der Waals surface area contributed by atoms with E-state index >= 15 is 0 Å². The summed E-state index contributed by atoms with van der Waals surface area (Å²) in [6.45, 7) is 3.00. The largest absolute Gasteiger partial charge is 0.480 e. The number of carboxylic acid groups (broad SMARTS) is 2. The van der Waals surface area contributed by atoms with Crippen LogP contribution >= 0.6 is 0 Å². The molecular formula is C18H32N4O8. The van der Waals surface area contributed by atoms with E-state index in [9.17, 15) is 19.2 Å². The normalized spacial score (nSPS) is 18.7. The van der Waals surface area contributed by atoms with Crippen molar-refractivity contribution >= 4 is 23.9 Å². The minimum Gasteiger partial charge on any atom is -0.480 e. The van der Waals surface area contributed by atoms with E-state index in [0.717, 1.165) is 0 Å². The van der Waals surface area contributed by atoms with Crippen LogP contribution < -0.4 is 0 Å². The minimum absolute atomic E-state index is 0.0502. The van der Waals surface area contributed by atoms with Crippen LogP contribution in [-0.2, 0) is 28.7 Å². The molecule has 0 spiro atoms. The molecule has 1 aliphatic rings. The Balaban J connectivity index is 2.94. The van der Waals surface area contributed by atoms with Crippen molar-refractivity contribution < 1.29 is 38.9 Å². The lowest BCUT2D eigenvalue weighted by Crippen LogP contribution is -2.49. The number of esters is 2. The van der Waals surface area contributed by atoms with Crippen LogP contribution in [0.4, 0.5) is 0 Å². The van der Waals surface area contributed by atoms with E-state index < -0.39 is 23.9 Å². The van der Waals surface area contributed by atoms with Crippen molar-refractivity contribution in [2.75, 3.05) is 92.8 Å². The molecular weight excluding hydrogens is 400 g/mol. The van der Waals surface area contributed by atoms with Crippen LogP contribution in [0.2, 0.25) is 0 Å². The first-order valence-corrected chi connectivity index (χ1v) is 9.70. The second kappa shape index (κ2) is 13.9. The van der Waals surface area contributed by atoms with E-state index in [0.29, 0.717) is 52.4 Å². The maximum absolute atomic E-state index is 11.7. The molecule has 0 aliphatic carbocycles. The number of carboxylic acids is 2. The van der Waals surface area contributed by atoms with Crippen molar-refractivity contribution in [2.24, 2.45) is 0 Å². The van der Waals surface area contributed by atoms with Gasteiger partial charge in [0.05, 0.1) is 40.4 Å². The van der Waals surface area contributed by atoms with Gasteiger partial charge in [0.1, 0.15) is 0 Å². The van der Waals surface area contributed by atoms with Gasteiger partial charge in [-0.1, -0.05) is 0 Å². The fourth-order valence-electron chi connectivity index (χ4n) is 3.09. The van der Waals surface area contributed by atoms with Crippen LogP contribution in [0.3, 0.4) is 0 Å². The summed E-state index contributed by atoms with van der Waals surface area (Å²) < 4.78 is 9.48. The third-order valence-corrected chi connectivity index (χ3v) is 4.81. The Kier molecular flexibility index (Phi) is 11.9. The summed E-state index contributed by atoms with van der Waals surface area (Å²) in [7, 11) is 2.60. The SMILES string of the molecule is COC(=O)CN1CCN(CC(=O)O)CCN(CC(=O)O)CCN(CC(=O)OC)CC1. The third kappa shape index (κ3) is 11.0. The number of carbonyl (C=O) groups is 4. The van der Waals surface area contributed by atoms with Crippen molar-refractivity contribution in [1.29, 1.82) is 0 Å². The standard InChI is InChI=1S/C18H32N4O8/c1-29-17(27)13-21-7-5-19(11-15(23)24)3-4-20(12-16(25)26)6-8-22(10-9-21)14-18(28)30-2/h3-14H2,1-2H3,(H,23,24)(H,25,26). The molecule has 0 radical (unpaired) electrons. The fraction of sp³-hybridized carbons (Fsp3) is 0.778. The number of rotatable bonds is 8. The maximum Gasteiger partial charge on any atom is 0.319 e. The van der Waals surface area contributed by atoms with Gasteiger partial charge in [0.15, 0.2) is 0 Å². The van der Waals surface area contributed by atoms with E-state index in [-0.39, 0.29) is 26.2 Å². The number of ether oxygens (including phenoxy) is 2. The number of hydrogen-bond acceptors (Lipinski definition) is 10. The molecule has 0 bridgehead atoms. The van der Waals surface area contributed by atoms with Crippen LogP contribution in [0.15, 0.2) is 0 Å². The monoisotopic (exact) mass is 432 g/mol. The quantitative estimate of drug-likeness (QED) is 0.399. The van der Waals surface area contributed by atoms with E-state index in [1.165, 1.54) is 14.2 Å². The van der Waals surface area contributed by atoms with Crippen LogP contribution in [0.1, 0.15) is 0 Å². The third-order valence-electron chi connectivity index (χ3n) is 4.81. The highest BCUT2D eigenvalue weighted by molar-refractivity contribution is 5.72. The lowest BCUT2D eigenvalue weighted by Gasteiger charge is -2.32. The van der Waals surface area contributed by atoms with Gasteiger partial charge in [0, 0.05) is 52.4 Å². The lowest BCUT2D eigenvalue weighted by molar-refractivity contribution is -0.144. The zero-order chi connectivity index (χ0) is 22.5. The number of aliphatic carboxylic acids is 2. The van der Waals surface area contributed by atoms with Gasteiger partial charge in [-0.15, -0.1) is 0 Å². The van der Waals surface area contributed by atoms with Gasteiger partial charge in [0.25, 0.3) is 0 Å². The van der Waals surface area contributed by atoms with E-state index in [2.05, 4.69) is 0 Å². The Morgan fingerprint density at radius 2 is 0.800 bits per heavy atom. The van der Waals surface area contributed by atoms with Crippen molar-refractivity contribution in [2.45, 2.75) is 0 Å². The van der Waals surface area contributed by atoms with Gasteiger partial charge in [-0.05, 0) is 0 Å². The molecule has 1 fully saturated rings. The minimum atomic E-state index is -0.976. The molecule has 0 amide bonds. The second-order valence-electron chi connectivity index (χ2n) is 7.04. The summed E-state index contributed by atoms with van der Waals surface area (Å²) in [5, 5.41) is 18.3. The summed E-state index contributed by atoms with van der Waals surface area (Å²) in [6, 6.07) is 0. The number of carbonyl (C=O) groups excluding carboxylic acids is 2. The summed E-state index contributed by atoms with van der Waals surface area (Å²) in [6.07, 6.45) is 0. The Labute approximate surface area is 175 Å². The summed E-state index contributed by atoms with van der Waals surface area (Å²) in [4.78, 5) is 53.0. The van der Waals surface area contributed by atoms with Crippen LogP contribution in [-0.4, -0.2) is 146 Å². The van der Waals surface area contributed by atoms with Crippen molar-refractivity contribution in [3.05, 3.63) is 0 Å². The highest BCUT2D eigenvalue weighted by Gasteiger charge is 2.21. The molecule has 0 unspecified atom stereocenters. The summed E-state index contributed by atoms with van der Waals surface area (Å²) in [5.41, 5.74) is 0. The zero-order valence-corrected chi connectivity index (χ0v) is 17.6. The Bertz CT molecular complexity index is 539. The van der Waals surface area contributed by atoms with Gasteiger partial charge in [-0.25, -0.2) is 0 Å². The Hall–Kier alpha value is -2.28. The first-order chi connectivity index (χ1) is 14.2. The smallest absolute Gasteiger partial charge is 0.319 e. The first kappa shape index (κ1) is 25.8. The molecule has 1 aliphatic heterocycles. The lowest BCUT2D eigenvalue weighted by atomic mass is 10.3. The highest BCUT2D eigenvalue weighted by atomic mass is 16.5. The highest BCUT2D eigenvalue weighted by Crippen LogP contribution is 2.02. The average molecular weight is 432 g/mol. The predicted octanol–water partition coefficient (Wildman–Crippen LogP) is -2.28. The second-order valence-corrected chi connectivity index (χ2v) is 7.04. The topological polar surface area (TPSA) is 140 Å². The fourth-order valence-corrected chi connectivity index (χ4v) is 3.09. The Morgan fingerprint density at radius 1 is 0.567 bits per heavy atom. The molecule has 12 heteroatoms. The maximum atomic E-state index is 11.7. The summed E-state index contributed by atoms with van der Waals surface area (Å²) in [5.74, 6) is -2.76. The van der Waals surface area contributed by atoms with Crippen LogP contribution in [0, 0.1) is 0 Å². The molecule has 12 nitrogen and oxygen atoms in total. The van der Waals surface area contributed by atoms with Crippen molar-refractivity contribution in [1.82, 2.24) is 19.6 Å².